The normalized spacial score (nSPS) is 12.9. The van der Waals surface area contributed by atoms with Gasteiger partial charge in [-0.3, -0.25) is 24.1 Å². The Hall–Kier alpha value is -3.48. The molecule has 0 unspecified atom stereocenters. The number of anilines is 1. The first-order chi connectivity index (χ1) is 14.3. The Kier molecular flexibility index (Phi) is 6.30. The van der Waals surface area contributed by atoms with E-state index in [1.165, 1.54) is 4.90 Å². The van der Waals surface area contributed by atoms with Crippen molar-refractivity contribution in [3.8, 4) is 0 Å². The largest absolute Gasteiger partial charge is 0.350 e. The van der Waals surface area contributed by atoms with E-state index < -0.39 is 0 Å². The van der Waals surface area contributed by atoms with Gasteiger partial charge in [0.05, 0.1) is 11.1 Å². The Balaban J connectivity index is 1.49. The third-order valence-corrected chi connectivity index (χ3v) is 4.76. The molecule has 2 N–H and O–H groups in total. The molecule has 1 aliphatic heterocycles. The summed E-state index contributed by atoms with van der Waals surface area (Å²) in [5, 5.41) is 5.57. The molecular weight excluding hydrogens is 382 g/mol. The van der Waals surface area contributed by atoms with Crippen LogP contribution in [0.25, 0.3) is 0 Å². The highest BCUT2D eigenvalue weighted by Crippen LogP contribution is 2.24. The number of aryl methyl sites for hydroxylation is 1. The standard InChI is InChI=1S/C23H25N3O4/c1-14(2)24-21(28)16-7-9-17(10-8-16)25-20(27)5-4-12-26-22(29)18-11-6-15(3)13-19(18)23(26)30/h6-11,13-14H,4-5,12H2,1-3H3,(H,24,28)(H,25,27). The molecule has 0 saturated carbocycles. The molecule has 0 atom stereocenters. The number of nitrogens with one attached hydrogen (secondary N) is 2. The fraction of sp³-hybridized carbons (Fsp3) is 0.304. The number of carbonyl (C=O) groups is 4. The topological polar surface area (TPSA) is 95.6 Å². The summed E-state index contributed by atoms with van der Waals surface area (Å²) < 4.78 is 0. The van der Waals surface area contributed by atoms with Gasteiger partial charge in [0.1, 0.15) is 0 Å². The van der Waals surface area contributed by atoms with Gasteiger partial charge >= 0.3 is 0 Å². The van der Waals surface area contributed by atoms with E-state index in [1.807, 2.05) is 20.8 Å². The number of rotatable bonds is 7. The zero-order valence-corrected chi connectivity index (χ0v) is 17.3. The van der Waals surface area contributed by atoms with Gasteiger partial charge in [0.2, 0.25) is 5.91 Å². The Morgan fingerprint density at radius 1 is 0.967 bits per heavy atom. The molecule has 0 aliphatic carbocycles. The van der Waals surface area contributed by atoms with Crippen molar-refractivity contribution in [2.75, 3.05) is 11.9 Å². The van der Waals surface area contributed by atoms with E-state index in [9.17, 15) is 19.2 Å². The molecule has 1 aliphatic rings. The summed E-state index contributed by atoms with van der Waals surface area (Å²) in [7, 11) is 0. The highest BCUT2D eigenvalue weighted by Gasteiger charge is 2.34. The smallest absolute Gasteiger partial charge is 0.261 e. The van der Waals surface area contributed by atoms with Crippen molar-refractivity contribution in [3.05, 3.63) is 64.7 Å². The molecule has 0 fully saturated rings. The molecule has 0 radical (unpaired) electrons. The molecule has 156 valence electrons. The Bertz CT molecular complexity index is 996. The second-order valence-corrected chi connectivity index (χ2v) is 7.67. The van der Waals surface area contributed by atoms with E-state index in [1.54, 1.807) is 42.5 Å². The summed E-state index contributed by atoms with van der Waals surface area (Å²) in [5.74, 6) is -1.01. The monoisotopic (exact) mass is 407 g/mol. The molecule has 2 aromatic rings. The summed E-state index contributed by atoms with van der Waals surface area (Å²) in [6, 6.07) is 11.9. The van der Waals surface area contributed by atoms with E-state index in [-0.39, 0.29) is 42.6 Å². The predicted octanol–water partition coefficient (Wildman–Crippen LogP) is 3.15. The predicted molar refractivity (Wildman–Crippen MR) is 113 cm³/mol. The highest BCUT2D eigenvalue weighted by molar-refractivity contribution is 6.21. The van der Waals surface area contributed by atoms with E-state index in [0.717, 1.165) is 5.56 Å². The van der Waals surface area contributed by atoms with Crippen LogP contribution in [0.4, 0.5) is 5.69 Å². The van der Waals surface area contributed by atoms with E-state index in [4.69, 9.17) is 0 Å². The molecule has 0 saturated heterocycles. The maximum Gasteiger partial charge on any atom is 0.261 e. The summed E-state index contributed by atoms with van der Waals surface area (Å²) in [6.07, 6.45) is 0.535. The minimum absolute atomic E-state index is 0.0445. The molecule has 0 spiro atoms. The summed E-state index contributed by atoms with van der Waals surface area (Å²) in [5.41, 5.74) is 2.85. The fourth-order valence-corrected chi connectivity index (χ4v) is 3.28. The lowest BCUT2D eigenvalue weighted by atomic mass is 10.1. The molecule has 7 nitrogen and oxygen atoms in total. The van der Waals surface area contributed by atoms with Gasteiger partial charge in [-0.2, -0.15) is 0 Å². The SMILES string of the molecule is Cc1ccc2c(c1)C(=O)N(CCCC(=O)Nc1ccc(C(=O)NC(C)C)cc1)C2=O. The van der Waals surface area contributed by atoms with Crippen molar-refractivity contribution >= 4 is 29.3 Å². The van der Waals surface area contributed by atoms with Crippen molar-refractivity contribution in [1.82, 2.24) is 10.2 Å². The number of fused-ring (bicyclic) bond motifs is 1. The second kappa shape index (κ2) is 8.90. The zero-order valence-electron chi connectivity index (χ0n) is 17.3. The molecule has 2 aromatic carbocycles. The van der Waals surface area contributed by atoms with E-state index in [2.05, 4.69) is 10.6 Å². The van der Waals surface area contributed by atoms with Gasteiger partial charge in [0.15, 0.2) is 0 Å². The van der Waals surface area contributed by atoms with Crippen molar-refractivity contribution in [2.24, 2.45) is 0 Å². The Morgan fingerprint density at radius 2 is 1.63 bits per heavy atom. The molecule has 0 bridgehead atoms. The maximum absolute atomic E-state index is 12.5. The van der Waals surface area contributed by atoms with Crippen molar-refractivity contribution in [2.45, 2.75) is 39.7 Å². The van der Waals surface area contributed by atoms with Crippen LogP contribution in [0, 0.1) is 6.92 Å². The van der Waals surface area contributed by atoms with Gasteiger partial charge in [0, 0.05) is 30.3 Å². The van der Waals surface area contributed by atoms with Gasteiger partial charge in [-0.15, -0.1) is 0 Å². The van der Waals surface area contributed by atoms with Crippen LogP contribution in [0.3, 0.4) is 0 Å². The molecule has 3 rings (SSSR count). The Morgan fingerprint density at radius 3 is 2.30 bits per heavy atom. The third kappa shape index (κ3) is 4.74. The van der Waals surface area contributed by atoms with Gasteiger partial charge in [-0.05, 0) is 63.6 Å². The molecule has 4 amide bonds. The first kappa shape index (κ1) is 21.2. The van der Waals surface area contributed by atoms with E-state index >= 15 is 0 Å². The van der Waals surface area contributed by atoms with Crippen molar-refractivity contribution in [1.29, 1.82) is 0 Å². The van der Waals surface area contributed by atoms with Crippen LogP contribution in [0.2, 0.25) is 0 Å². The molecule has 0 aromatic heterocycles. The van der Waals surface area contributed by atoms with Crippen LogP contribution in [-0.4, -0.2) is 41.1 Å². The first-order valence-electron chi connectivity index (χ1n) is 9.94. The second-order valence-electron chi connectivity index (χ2n) is 7.67. The lowest BCUT2D eigenvalue weighted by Gasteiger charge is -2.13. The number of hydrogen-bond acceptors (Lipinski definition) is 4. The van der Waals surface area contributed by atoms with Gasteiger partial charge in [-0.25, -0.2) is 0 Å². The van der Waals surface area contributed by atoms with Crippen LogP contribution >= 0.6 is 0 Å². The van der Waals surface area contributed by atoms with Gasteiger partial charge in [0.25, 0.3) is 17.7 Å². The van der Waals surface area contributed by atoms with Crippen LogP contribution in [0.15, 0.2) is 42.5 Å². The molecule has 30 heavy (non-hydrogen) atoms. The number of nitrogens with zero attached hydrogens (tertiary/aromatic N) is 1. The average Bonchev–Trinajstić information content (AvgIpc) is 2.92. The molecule has 1 heterocycles. The summed E-state index contributed by atoms with van der Waals surface area (Å²) >= 11 is 0. The van der Waals surface area contributed by atoms with Gasteiger partial charge in [-0.1, -0.05) is 11.6 Å². The quantitative estimate of drug-likeness (QED) is 0.689. The summed E-state index contributed by atoms with van der Waals surface area (Å²) in [4.78, 5) is 50.2. The fourth-order valence-electron chi connectivity index (χ4n) is 3.28. The van der Waals surface area contributed by atoms with E-state index in [0.29, 0.717) is 28.8 Å². The maximum atomic E-state index is 12.5. The van der Waals surface area contributed by atoms with Gasteiger partial charge < -0.3 is 10.6 Å². The van der Waals surface area contributed by atoms with Crippen LogP contribution < -0.4 is 10.6 Å². The number of carbonyl (C=O) groups excluding carboxylic acids is 4. The lowest BCUT2D eigenvalue weighted by molar-refractivity contribution is -0.116. The van der Waals surface area contributed by atoms with Crippen LogP contribution in [0.1, 0.15) is 63.3 Å². The number of amides is 4. The third-order valence-electron chi connectivity index (χ3n) is 4.76. The number of benzene rings is 2. The highest BCUT2D eigenvalue weighted by atomic mass is 16.2. The minimum atomic E-state index is -0.314. The number of imide groups is 1. The average molecular weight is 407 g/mol. The van der Waals surface area contributed by atoms with Crippen LogP contribution in [0.5, 0.6) is 0 Å². The van der Waals surface area contributed by atoms with Crippen LogP contribution in [-0.2, 0) is 4.79 Å². The Labute approximate surface area is 175 Å². The summed E-state index contributed by atoms with van der Waals surface area (Å²) in [6.45, 7) is 5.83. The molecular formula is C23H25N3O4. The van der Waals surface area contributed by atoms with Crippen molar-refractivity contribution in [3.63, 3.8) is 0 Å². The minimum Gasteiger partial charge on any atom is -0.350 e. The molecule has 7 heteroatoms. The zero-order chi connectivity index (χ0) is 21.8. The first-order valence-corrected chi connectivity index (χ1v) is 9.94. The number of hydrogen-bond donors (Lipinski definition) is 2. The van der Waals surface area contributed by atoms with Crippen molar-refractivity contribution < 1.29 is 19.2 Å². The lowest BCUT2D eigenvalue weighted by Crippen LogP contribution is -2.31.